The maximum absolute atomic E-state index is 14.2. The number of carbonyl (C=O) groups excluding carboxylic acids is 3. The standard InChI is InChI=1S/C26H41N3O4S/c1-8-11-27(12-9-2)22(31)19-18-16-17(4)26(34-18)20(19)23(32)28(14-15-30)21(26)24(33)29(13-10-3)25(5,6)7/h8,10,17-21,30H,1,3,9,11-16H2,2,4-7H3/t17?,18-,19+,20+,21?,26?/m1/s1. The zero-order valence-electron chi connectivity index (χ0n) is 21.3. The van der Waals surface area contributed by atoms with Gasteiger partial charge in [0.05, 0.1) is 23.2 Å². The number of aliphatic hydroxyl groups is 1. The van der Waals surface area contributed by atoms with Gasteiger partial charge >= 0.3 is 0 Å². The summed E-state index contributed by atoms with van der Waals surface area (Å²) in [4.78, 5) is 47.0. The van der Waals surface area contributed by atoms with E-state index in [9.17, 15) is 19.5 Å². The highest BCUT2D eigenvalue weighted by Gasteiger charge is 2.76. The summed E-state index contributed by atoms with van der Waals surface area (Å²) < 4.78 is -0.676. The first-order chi connectivity index (χ1) is 16.0. The lowest BCUT2D eigenvalue weighted by Gasteiger charge is -2.44. The molecule has 0 aromatic carbocycles. The Kier molecular flexibility index (Phi) is 7.92. The van der Waals surface area contributed by atoms with Gasteiger partial charge in [0.25, 0.3) is 0 Å². The number of fused-ring (bicyclic) bond motifs is 1. The fourth-order valence-electron chi connectivity index (χ4n) is 6.33. The van der Waals surface area contributed by atoms with Crippen molar-refractivity contribution in [3.8, 4) is 0 Å². The molecule has 0 saturated carbocycles. The predicted octanol–water partition coefficient (Wildman–Crippen LogP) is 2.55. The Hall–Kier alpha value is -1.80. The van der Waals surface area contributed by atoms with Crippen molar-refractivity contribution >= 4 is 29.5 Å². The van der Waals surface area contributed by atoms with E-state index in [0.717, 1.165) is 12.8 Å². The van der Waals surface area contributed by atoms with E-state index in [-0.39, 0.29) is 42.0 Å². The highest BCUT2D eigenvalue weighted by atomic mass is 32.2. The minimum atomic E-state index is -0.710. The van der Waals surface area contributed by atoms with Gasteiger partial charge in [-0.05, 0) is 39.5 Å². The topological polar surface area (TPSA) is 81.2 Å². The fraction of sp³-hybridized carbons (Fsp3) is 0.731. The second-order valence-electron chi connectivity index (χ2n) is 10.8. The number of β-amino-alcohol motifs (C(OH)–C–C–N with tert-alkyl or cyclic N) is 1. The molecule has 190 valence electrons. The molecule has 0 aromatic rings. The van der Waals surface area contributed by atoms with Crippen LogP contribution in [-0.2, 0) is 14.4 Å². The van der Waals surface area contributed by atoms with E-state index >= 15 is 0 Å². The Bertz CT molecular complexity index is 840. The summed E-state index contributed by atoms with van der Waals surface area (Å²) in [6, 6.07) is -0.710. The van der Waals surface area contributed by atoms with Gasteiger partial charge in [-0.1, -0.05) is 26.0 Å². The van der Waals surface area contributed by atoms with Crippen LogP contribution in [0, 0.1) is 17.8 Å². The van der Waals surface area contributed by atoms with Crippen molar-refractivity contribution in [2.24, 2.45) is 17.8 Å². The molecule has 3 fully saturated rings. The Morgan fingerprint density at radius 3 is 2.41 bits per heavy atom. The first-order valence-corrected chi connectivity index (χ1v) is 13.3. The fourth-order valence-corrected chi connectivity index (χ4v) is 8.74. The van der Waals surface area contributed by atoms with Crippen molar-refractivity contribution in [2.45, 2.75) is 69.0 Å². The van der Waals surface area contributed by atoms with Gasteiger partial charge in [-0.3, -0.25) is 14.4 Å². The second-order valence-corrected chi connectivity index (χ2v) is 12.3. The summed E-state index contributed by atoms with van der Waals surface area (Å²) in [5.74, 6) is -1.23. The minimum Gasteiger partial charge on any atom is -0.395 e. The molecule has 2 bridgehead atoms. The zero-order chi connectivity index (χ0) is 25.4. The van der Waals surface area contributed by atoms with Crippen LogP contribution in [-0.4, -0.2) is 91.9 Å². The van der Waals surface area contributed by atoms with Crippen LogP contribution in [0.3, 0.4) is 0 Å². The number of rotatable bonds is 10. The van der Waals surface area contributed by atoms with Crippen LogP contribution in [0.5, 0.6) is 0 Å². The third-order valence-corrected chi connectivity index (χ3v) is 9.72. The number of likely N-dealkylation sites (tertiary alicyclic amines) is 1. The number of thioether (sulfide) groups is 1. The van der Waals surface area contributed by atoms with E-state index in [4.69, 9.17) is 0 Å². The lowest BCUT2D eigenvalue weighted by Crippen LogP contribution is -2.60. The number of carbonyl (C=O) groups is 3. The molecule has 6 atom stereocenters. The van der Waals surface area contributed by atoms with Gasteiger partial charge in [0.1, 0.15) is 6.04 Å². The molecule has 34 heavy (non-hydrogen) atoms. The molecule has 7 nitrogen and oxygen atoms in total. The summed E-state index contributed by atoms with van der Waals surface area (Å²) in [5, 5.41) is 9.83. The summed E-state index contributed by atoms with van der Waals surface area (Å²) >= 11 is 1.67. The van der Waals surface area contributed by atoms with Crippen molar-refractivity contribution in [3.63, 3.8) is 0 Å². The van der Waals surface area contributed by atoms with Crippen molar-refractivity contribution in [2.75, 3.05) is 32.8 Å². The average molecular weight is 492 g/mol. The maximum Gasteiger partial charge on any atom is 0.247 e. The van der Waals surface area contributed by atoms with Crippen LogP contribution in [0.25, 0.3) is 0 Å². The Morgan fingerprint density at radius 2 is 1.88 bits per heavy atom. The number of hydrogen-bond donors (Lipinski definition) is 1. The molecule has 0 aromatic heterocycles. The molecule has 3 rings (SSSR count). The normalized spacial score (nSPS) is 32.0. The highest BCUT2D eigenvalue weighted by Crippen LogP contribution is 2.68. The van der Waals surface area contributed by atoms with Crippen LogP contribution in [0.1, 0.15) is 47.5 Å². The van der Waals surface area contributed by atoms with E-state index in [1.54, 1.807) is 38.6 Å². The van der Waals surface area contributed by atoms with Crippen molar-refractivity contribution in [1.82, 2.24) is 14.7 Å². The van der Waals surface area contributed by atoms with Gasteiger partial charge in [0, 0.05) is 37.0 Å². The van der Waals surface area contributed by atoms with E-state index < -0.39 is 28.2 Å². The molecule has 8 heteroatoms. The minimum absolute atomic E-state index is 0.00897. The van der Waals surface area contributed by atoms with Gasteiger partial charge < -0.3 is 19.8 Å². The molecule has 3 unspecified atom stereocenters. The Morgan fingerprint density at radius 1 is 1.24 bits per heavy atom. The number of aliphatic hydroxyl groups excluding tert-OH is 1. The molecular formula is C26H41N3O4S. The molecule has 0 radical (unpaired) electrons. The van der Waals surface area contributed by atoms with E-state index in [0.29, 0.717) is 19.6 Å². The molecule has 1 spiro atoms. The largest absolute Gasteiger partial charge is 0.395 e. The van der Waals surface area contributed by atoms with E-state index in [2.05, 4.69) is 20.1 Å². The SMILES string of the molecule is C=CCN(CCC)C(=O)[C@@H]1[C@H]2C(=O)N(CCO)C(C(=O)N(CC=C)C(C)(C)C)C23S[C@@H]1CC3C. The van der Waals surface area contributed by atoms with Crippen LogP contribution in [0.15, 0.2) is 25.3 Å². The van der Waals surface area contributed by atoms with Gasteiger partial charge in [-0.2, -0.15) is 0 Å². The molecule has 3 aliphatic heterocycles. The van der Waals surface area contributed by atoms with E-state index in [1.807, 2.05) is 27.7 Å². The Balaban J connectivity index is 2.09. The number of nitrogens with zero attached hydrogens (tertiary/aromatic N) is 3. The van der Waals surface area contributed by atoms with Gasteiger partial charge in [-0.15, -0.1) is 24.9 Å². The number of amides is 3. The maximum atomic E-state index is 14.2. The second kappa shape index (κ2) is 10.1. The molecular weight excluding hydrogens is 450 g/mol. The molecule has 0 aliphatic carbocycles. The first-order valence-electron chi connectivity index (χ1n) is 12.4. The molecule has 3 aliphatic rings. The molecule has 3 saturated heterocycles. The third-order valence-electron chi connectivity index (χ3n) is 7.65. The Labute approximate surface area is 208 Å². The van der Waals surface area contributed by atoms with Gasteiger partial charge in [-0.25, -0.2) is 0 Å². The van der Waals surface area contributed by atoms with E-state index in [1.165, 1.54) is 0 Å². The summed E-state index contributed by atoms with van der Waals surface area (Å²) in [6.07, 6.45) is 5.05. The average Bonchev–Trinajstić information content (AvgIpc) is 3.34. The molecule has 3 amide bonds. The lowest BCUT2D eigenvalue weighted by molar-refractivity contribution is -0.146. The zero-order valence-corrected chi connectivity index (χ0v) is 22.1. The van der Waals surface area contributed by atoms with Crippen LogP contribution in [0.4, 0.5) is 0 Å². The molecule has 1 N–H and O–H groups in total. The predicted molar refractivity (Wildman–Crippen MR) is 136 cm³/mol. The highest BCUT2D eigenvalue weighted by molar-refractivity contribution is 8.02. The van der Waals surface area contributed by atoms with Crippen molar-refractivity contribution in [1.29, 1.82) is 0 Å². The van der Waals surface area contributed by atoms with Crippen molar-refractivity contribution < 1.29 is 19.5 Å². The van der Waals surface area contributed by atoms with Crippen LogP contribution >= 0.6 is 11.8 Å². The first kappa shape index (κ1) is 26.8. The van der Waals surface area contributed by atoms with Gasteiger partial charge in [0.15, 0.2) is 0 Å². The van der Waals surface area contributed by atoms with Crippen molar-refractivity contribution in [3.05, 3.63) is 25.3 Å². The summed E-state index contributed by atoms with van der Waals surface area (Å²) in [7, 11) is 0. The monoisotopic (exact) mass is 491 g/mol. The van der Waals surface area contributed by atoms with Crippen LogP contribution in [0.2, 0.25) is 0 Å². The lowest BCUT2D eigenvalue weighted by atomic mass is 9.65. The summed E-state index contributed by atoms with van der Waals surface area (Å²) in [6.45, 7) is 19.0. The number of hydrogen-bond acceptors (Lipinski definition) is 5. The summed E-state index contributed by atoms with van der Waals surface area (Å²) in [5.41, 5.74) is -0.463. The third kappa shape index (κ3) is 4.11. The van der Waals surface area contributed by atoms with Gasteiger partial charge in [0.2, 0.25) is 17.7 Å². The van der Waals surface area contributed by atoms with Crippen LogP contribution < -0.4 is 0 Å². The smallest absolute Gasteiger partial charge is 0.247 e. The molecule has 3 heterocycles. The quantitative estimate of drug-likeness (QED) is 0.475.